The first-order valence-electron chi connectivity index (χ1n) is 17.3. The van der Waals surface area contributed by atoms with Crippen LogP contribution in [0.3, 0.4) is 0 Å². The lowest BCUT2D eigenvalue weighted by molar-refractivity contribution is 0.149. The number of pyridine rings is 3. The van der Waals surface area contributed by atoms with Crippen molar-refractivity contribution in [1.29, 1.82) is 0 Å². The van der Waals surface area contributed by atoms with Crippen molar-refractivity contribution >= 4 is 45.3 Å². The maximum absolute atomic E-state index is 13.2. The fourth-order valence-electron chi connectivity index (χ4n) is 7.08. The number of rotatable bonds is 5. The van der Waals surface area contributed by atoms with Gasteiger partial charge in [-0.25, -0.2) is 29.2 Å². The van der Waals surface area contributed by atoms with Gasteiger partial charge in [0.1, 0.15) is 29.7 Å². The van der Waals surface area contributed by atoms with Crippen molar-refractivity contribution in [2.75, 3.05) is 31.1 Å². The highest BCUT2D eigenvalue weighted by Gasteiger charge is 2.25. The number of aromatic nitrogens is 6. The average molecular weight is 711 g/mol. The number of amides is 1. The quantitative estimate of drug-likeness (QED) is 0.195. The van der Waals surface area contributed by atoms with E-state index in [9.17, 15) is 19.8 Å². The van der Waals surface area contributed by atoms with Crippen LogP contribution < -0.4 is 15.3 Å². The van der Waals surface area contributed by atoms with Crippen LogP contribution in [0.4, 0.5) is 10.6 Å². The summed E-state index contributed by atoms with van der Waals surface area (Å²) < 4.78 is 14.7. The summed E-state index contributed by atoms with van der Waals surface area (Å²) in [5.41, 5.74) is 5.83. The predicted molar refractivity (Wildman–Crippen MR) is 199 cm³/mol. The predicted octanol–water partition coefficient (Wildman–Crippen LogP) is 5.93. The standard InChI is InChI=1S/C39H34N8O6/c1-22(2)29-16-30(34(49)17-33(29)48)37-42-43-38(50)47(37)27-3-6-35(40-18-27)44-8-10-45(11-9-44)39(51)53-28-4-5-31-24(14-28)13-25-19-46-20-26-21-52-12-7-23(26)15-32(46)36(25)41-31/h3-7,12-20,22,48-49H,8-11,21H2,1-2H3,(H,43,50). The largest absolute Gasteiger partial charge is 0.508 e. The number of aromatic amines is 1. The van der Waals surface area contributed by atoms with Gasteiger partial charge in [-0.3, -0.25) is 0 Å². The Morgan fingerprint density at radius 2 is 1.81 bits per heavy atom. The summed E-state index contributed by atoms with van der Waals surface area (Å²) in [6.07, 6.45) is 8.95. The average Bonchev–Trinajstić information content (AvgIpc) is 3.71. The lowest BCUT2D eigenvalue weighted by atomic mass is 9.98. The Kier molecular flexibility index (Phi) is 7.53. The summed E-state index contributed by atoms with van der Waals surface area (Å²) in [6.45, 7) is 6.31. The maximum Gasteiger partial charge on any atom is 0.415 e. The van der Waals surface area contributed by atoms with E-state index in [1.807, 2.05) is 32.1 Å². The maximum atomic E-state index is 13.2. The third-order valence-corrected chi connectivity index (χ3v) is 9.89. The molecule has 1 fully saturated rings. The highest BCUT2D eigenvalue weighted by atomic mass is 16.6. The van der Waals surface area contributed by atoms with Gasteiger partial charge in [0.2, 0.25) is 0 Å². The number of phenolic OH excluding ortho intramolecular Hbond substituents is 2. The second-order valence-electron chi connectivity index (χ2n) is 13.6. The van der Waals surface area contributed by atoms with Gasteiger partial charge >= 0.3 is 11.8 Å². The molecule has 5 aromatic heterocycles. The molecule has 0 unspecified atom stereocenters. The van der Waals surface area contributed by atoms with Crippen LogP contribution in [-0.4, -0.2) is 76.5 Å². The molecule has 0 saturated carbocycles. The minimum atomic E-state index is -0.499. The van der Waals surface area contributed by atoms with Crippen LogP contribution in [0.15, 0.2) is 84.2 Å². The Hall–Kier alpha value is -6.83. The van der Waals surface area contributed by atoms with E-state index < -0.39 is 11.8 Å². The van der Waals surface area contributed by atoms with Crippen LogP contribution in [0.5, 0.6) is 17.2 Å². The van der Waals surface area contributed by atoms with Crippen molar-refractivity contribution in [2.45, 2.75) is 26.4 Å². The Bertz CT molecular complexity index is 2670. The summed E-state index contributed by atoms with van der Waals surface area (Å²) >= 11 is 0. The molecule has 2 aliphatic heterocycles. The number of ether oxygens (including phenoxy) is 2. The Balaban J connectivity index is 0.874. The third kappa shape index (κ3) is 5.64. The number of anilines is 1. The third-order valence-electron chi connectivity index (χ3n) is 9.89. The van der Waals surface area contributed by atoms with Gasteiger partial charge in [0, 0.05) is 61.0 Å². The lowest BCUT2D eigenvalue weighted by Crippen LogP contribution is -2.49. The highest BCUT2D eigenvalue weighted by molar-refractivity contribution is 6.01. The first kappa shape index (κ1) is 32.1. The zero-order valence-corrected chi connectivity index (χ0v) is 28.9. The molecule has 9 rings (SSSR count). The lowest BCUT2D eigenvalue weighted by Gasteiger charge is -2.34. The summed E-state index contributed by atoms with van der Waals surface area (Å²) in [5, 5.41) is 29.4. The smallest absolute Gasteiger partial charge is 0.415 e. The number of hydrogen-bond acceptors (Lipinski definition) is 10. The molecule has 53 heavy (non-hydrogen) atoms. The van der Waals surface area contributed by atoms with E-state index in [1.165, 1.54) is 10.6 Å². The van der Waals surface area contributed by atoms with Crippen LogP contribution in [0.2, 0.25) is 0 Å². The molecule has 0 radical (unpaired) electrons. The molecular formula is C39H34N8O6. The first-order valence-corrected chi connectivity index (χ1v) is 17.3. The Labute approximate surface area is 301 Å². The second kappa shape index (κ2) is 12.4. The Morgan fingerprint density at radius 3 is 2.60 bits per heavy atom. The van der Waals surface area contributed by atoms with Gasteiger partial charge in [-0.2, -0.15) is 5.10 Å². The van der Waals surface area contributed by atoms with Crippen LogP contribution in [0, 0.1) is 0 Å². The number of piperazine rings is 1. The SMILES string of the molecule is CC(C)c1cc(-c2n[nH]c(=O)n2-c2ccc(N3CCN(C(=O)Oc4ccc5nc6c(cc5c4)cn4cc5c(cc64)C=COC5)CC3)nc2)c(O)cc1O. The van der Waals surface area contributed by atoms with E-state index >= 15 is 0 Å². The first-order chi connectivity index (χ1) is 25.7. The molecule has 7 heterocycles. The van der Waals surface area contributed by atoms with E-state index in [0.717, 1.165) is 38.4 Å². The number of aromatic hydroxyl groups is 2. The molecule has 1 saturated heterocycles. The van der Waals surface area contributed by atoms with Crippen molar-refractivity contribution in [3.05, 3.63) is 107 Å². The van der Waals surface area contributed by atoms with Gasteiger partial charge in [-0.05, 0) is 71.7 Å². The summed E-state index contributed by atoms with van der Waals surface area (Å²) in [4.78, 5) is 39.3. The van der Waals surface area contributed by atoms with E-state index in [-0.39, 0.29) is 23.2 Å². The minimum absolute atomic E-state index is 0.0215. The molecule has 2 aliphatic rings. The molecule has 1 amide bonds. The molecule has 14 nitrogen and oxygen atoms in total. The molecule has 0 bridgehead atoms. The molecule has 3 N–H and O–H groups in total. The molecule has 7 aromatic rings. The minimum Gasteiger partial charge on any atom is -0.508 e. The summed E-state index contributed by atoms with van der Waals surface area (Å²) in [5.74, 6) is 1.07. The van der Waals surface area contributed by atoms with Gasteiger partial charge in [0.05, 0.1) is 40.3 Å². The second-order valence-corrected chi connectivity index (χ2v) is 13.6. The number of H-pyrrole nitrogens is 1. The van der Waals surface area contributed by atoms with Crippen LogP contribution >= 0.6 is 0 Å². The van der Waals surface area contributed by atoms with Crippen LogP contribution in [-0.2, 0) is 11.3 Å². The van der Waals surface area contributed by atoms with Crippen molar-refractivity contribution < 1.29 is 24.5 Å². The number of phenols is 2. The number of fused-ring (bicyclic) bond motifs is 5. The number of hydrogen-bond donors (Lipinski definition) is 3. The van der Waals surface area contributed by atoms with E-state index in [1.54, 1.807) is 41.6 Å². The topological polar surface area (TPSA) is 163 Å². The van der Waals surface area contributed by atoms with Crippen LogP contribution in [0.25, 0.3) is 50.5 Å². The van der Waals surface area contributed by atoms with E-state index in [4.69, 9.17) is 14.5 Å². The number of nitrogens with zero attached hydrogens (tertiary/aromatic N) is 7. The fourth-order valence-corrected chi connectivity index (χ4v) is 7.08. The van der Waals surface area contributed by atoms with Crippen LogP contribution in [0.1, 0.15) is 36.5 Å². The number of carbonyl (C=O) groups excluding carboxylic acids is 1. The number of carbonyl (C=O) groups is 1. The monoisotopic (exact) mass is 710 g/mol. The zero-order chi connectivity index (χ0) is 36.4. The van der Waals surface area contributed by atoms with Crippen molar-refractivity contribution in [2.24, 2.45) is 0 Å². The highest BCUT2D eigenvalue weighted by Crippen LogP contribution is 2.37. The van der Waals surface area contributed by atoms with Crippen molar-refractivity contribution in [3.63, 3.8) is 0 Å². The normalized spacial score (nSPS) is 14.3. The molecule has 2 aromatic carbocycles. The molecule has 266 valence electrons. The van der Waals surface area contributed by atoms with E-state index in [2.05, 4.69) is 49.0 Å². The Morgan fingerprint density at radius 1 is 0.962 bits per heavy atom. The summed E-state index contributed by atoms with van der Waals surface area (Å²) in [7, 11) is 0. The van der Waals surface area contributed by atoms with Crippen molar-refractivity contribution in [1.82, 2.24) is 34.0 Å². The van der Waals surface area contributed by atoms with Gasteiger partial charge < -0.3 is 33.9 Å². The molecule has 0 aliphatic carbocycles. The zero-order valence-electron chi connectivity index (χ0n) is 28.9. The molecular weight excluding hydrogens is 676 g/mol. The molecule has 14 heteroatoms. The van der Waals surface area contributed by atoms with Gasteiger partial charge in [0.25, 0.3) is 0 Å². The van der Waals surface area contributed by atoms with Gasteiger partial charge in [-0.1, -0.05) is 13.8 Å². The molecule has 0 atom stereocenters. The van der Waals surface area contributed by atoms with Gasteiger partial charge in [-0.15, -0.1) is 0 Å². The van der Waals surface area contributed by atoms with Gasteiger partial charge in [0.15, 0.2) is 5.82 Å². The number of benzene rings is 2. The fraction of sp³-hybridized carbons (Fsp3) is 0.205. The number of nitrogens with one attached hydrogen (secondary N) is 1. The van der Waals surface area contributed by atoms with E-state index in [0.29, 0.717) is 61.2 Å². The van der Waals surface area contributed by atoms with Crippen molar-refractivity contribution in [3.8, 4) is 34.3 Å². The molecule has 0 spiro atoms. The summed E-state index contributed by atoms with van der Waals surface area (Å²) in [6, 6.07) is 16.1.